The zero-order chi connectivity index (χ0) is 14.4. The molecule has 106 valence electrons. The lowest BCUT2D eigenvalue weighted by molar-refractivity contribution is -0.117. The topological polar surface area (TPSA) is 49.3 Å². The third-order valence-electron chi connectivity index (χ3n) is 3.77. The van der Waals surface area contributed by atoms with Gasteiger partial charge in [-0.15, -0.1) is 0 Å². The van der Waals surface area contributed by atoms with Crippen LogP contribution in [-0.4, -0.2) is 17.6 Å². The number of rotatable bonds is 3. The minimum atomic E-state index is -0.156. The van der Waals surface area contributed by atoms with Gasteiger partial charge in [-0.2, -0.15) is 0 Å². The van der Waals surface area contributed by atoms with E-state index in [0.29, 0.717) is 12.3 Å². The van der Waals surface area contributed by atoms with Crippen molar-refractivity contribution >= 4 is 11.6 Å². The van der Waals surface area contributed by atoms with Gasteiger partial charge in [0, 0.05) is 17.7 Å². The molecule has 0 spiro atoms. The normalized spacial score (nSPS) is 14.7. The van der Waals surface area contributed by atoms with Crippen LogP contribution in [0, 0.1) is 24.7 Å². The van der Waals surface area contributed by atoms with Gasteiger partial charge in [0.1, 0.15) is 6.61 Å². The average molecular weight is 271 g/mol. The Balaban J connectivity index is 2.01. The average Bonchev–Trinajstić information content (AvgIpc) is 2.92. The van der Waals surface area contributed by atoms with E-state index in [1.165, 1.54) is 25.7 Å². The lowest BCUT2D eigenvalue weighted by atomic mass is 10.0. The van der Waals surface area contributed by atoms with Gasteiger partial charge in [-0.05, 0) is 43.4 Å². The number of nitrogens with one attached hydrogen (secondary N) is 1. The van der Waals surface area contributed by atoms with Crippen LogP contribution in [0.25, 0.3) is 0 Å². The van der Waals surface area contributed by atoms with Crippen LogP contribution in [0.1, 0.15) is 43.2 Å². The Labute approximate surface area is 120 Å². The zero-order valence-corrected chi connectivity index (χ0v) is 11.9. The second kappa shape index (κ2) is 7.12. The van der Waals surface area contributed by atoms with E-state index in [2.05, 4.69) is 17.2 Å². The number of hydrogen-bond donors (Lipinski definition) is 2. The highest BCUT2D eigenvalue weighted by molar-refractivity contribution is 5.91. The Morgan fingerprint density at radius 3 is 2.85 bits per heavy atom. The summed E-state index contributed by atoms with van der Waals surface area (Å²) in [6.45, 7) is 1.81. The second-order valence-corrected chi connectivity index (χ2v) is 5.39. The molecule has 1 amide bonds. The molecule has 0 atom stereocenters. The Bertz CT molecular complexity index is 534. The van der Waals surface area contributed by atoms with Crippen molar-refractivity contribution in [2.24, 2.45) is 5.92 Å². The summed E-state index contributed by atoms with van der Waals surface area (Å²) in [5.41, 5.74) is 2.65. The largest absolute Gasteiger partial charge is 0.384 e. The van der Waals surface area contributed by atoms with Crippen LogP contribution in [0.15, 0.2) is 18.2 Å². The quantitative estimate of drug-likeness (QED) is 0.831. The molecule has 0 aromatic heterocycles. The molecule has 0 unspecified atom stereocenters. The number of aliphatic hydroxyl groups is 1. The Hall–Kier alpha value is -1.79. The summed E-state index contributed by atoms with van der Waals surface area (Å²) < 4.78 is 0. The van der Waals surface area contributed by atoms with Gasteiger partial charge in [-0.1, -0.05) is 30.7 Å². The van der Waals surface area contributed by atoms with Crippen LogP contribution in [-0.2, 0) is 4.79 Å². The fourth-order valence-electron chi connectivity index (χ4n) is 2.65. The van der Waals surface area contributed by atoms with Crippen molar-refractivity contribution in [1.29, 1.82) is 0 Å². The SMILES string of the molecule is Cc1ccc(C#CCO)cc1NC(=O)CC1CCCC1. The van der Waals surface area contributed by atoms with Gasteiger partial charge in [-0.25, -0.2) is 0 Å². The molecular formula is C17H21NO2. The van der Waals surface area contributed by atoms with Gasteiger partial charge in [0.15, 0.2) is 0 Å². The van der Waals surface area contributed by atoms with Crippen LogP contribution >= 0.6 is 0 Å². The number of aryl methyl sites for hydroxylation is 1. The van der Waals surface area contributed by atoms with Crippen LogP contribution in [0.2, 0.25) is 0 Å². The molecule has 2 rings (SSSR count). The van der Waals surface area contributed by atoms with Crippen molar-refractivity contribution in [1.82, 2.24) is 0 Å². The standard InChI is InChI=1S/C17H21NO2/c1-13-8-9-15(7-4-10-19)11-16(13)18-17(20)12-14-5-2-3-6-14/h8-9,11,14,19H,2-3,5-6,10,12H2,1H3,(H,18,20). The van der Waals surface area contributed by atoms with Crippen LogP contribution in [0.5, 0.6) is 0 Å². The van der Waals surface area contributed by atoms with E-state index in [4.69, 9.17) is 5.11 Å². The van der Waals surface area contributed by atoms with E-state index < -0.39 is 0 Å². The Kier molecular flexibility index (Phi) is 5.20. The summed E-state index contributed by atoms with van der Waals surface area (Å²) in [6, 6.07) is 5.70. The van der Waals surface area contributed by atoms with Crippen LogP contribution in [0.3, 0.4) is 0 Å². The molecule has 1 aromatic carbocycles. The van der Waals surface area contributed by atoms with Gasteiger partial charge in [-0.3, -0.25) is 4.79 Å². The van der Waals surface area contributed by atoms with Crippen molar-refractivity contribution < 1.29 is 9.90 Å². The van der Waals surface area contributed by atoms with Crippen molar-refractivity contribution in [2.75, 3.05) is 11.9 Å². The predicted octanol–water partition coefficient (Wildman–Crippen LogP) is 2.86. The van der Waals surface area contributed by atoms with Gasteiger partial charge in [0.25, 0.3) is 0 Å². The highest BCUT2D eigenvalue weighted by Crippen LogP contribution is 2.28. The summed E-state index contributed by atoms with van der Waals surface area (Å²) in [5.74, 6) is 6.11. The number of anilines is 1. The zero-order valence-electron chi connectivity index (χ0n) is 11.9. The highest BCUT2D eigenvalue weighted by atomic mass is 16.2. The smallest absolute Gasteiger partial charge is 0.224 e. The first-order valence-corrected chi connectivity index (χ1v) is 7.19. The highest BCUT2D eigenvalue weighted by Gasteiger charge is 2.18. The first kappa shape index (κ1) is 14.6. The summed E-state index contributed by atoms with van der Waals surface area (Å²) in [4.78, 5) is 12.1. The summed E-state index contributed by atoms with van der Waals surface area (Å²) in [7, 11) is 0. The number of aliphatic hydroxyl groups excluding tert-OH is 1. The number of hydrogen-bond acceptors (Lipinski definition) is 2. The molecule has 1 fully saturated rings. The maximum absolute atomic E-state index is 12.1. The molecular weight excluding hydrogens is 250 g/mol. The van der Waals surface area contributed by atoms with Gasteiger partial charge >= 0.3 is 0 Å². The Morgan fingerprint density at radius 2 is 2.15 bits per heavy atom. The molecule has 0 bridgehead atoms. The molecule has 1 saturated carbocycles. The van der Waals surface area contributed by atoms with E-state index >= 15 is 0 Å². The van der Waals surface area contributed by atoms with E-state index in [1.807, 2.05) is 25.1 Å². The van der Waals surface area contributed by atoms with E-state index in [9.17, 15) is 4.79 Å². The molecule has 3 nitrogen and oxygen atoms in total. The minimum Gasteiger partial charge on any atom is -0.384 e. The predicted molar refractivity (Wildman–Crippen MR) is 80.3 cm³/mol. The summed E-state index contributed by atoms with van der Waals surface area (Å²) >= 11 is 0. The molecule has 1 aromatic rings. The lowest BCUT2D eigenvalue weighted by Gasteiger charge is -2.11. The van der Waals surface area contributed by atoms with Gasteiger partial charge < -0.3 is 10.4 Å². The van der Waals surface area contributed by atoms with Crippen molar-refractivity contribution in [3.8, 4) is 11.8 Å². The maximum atomic E-state index is 12.1. The van der Waals surface area contributed by atoms with Crippen LogP contribution in [0.4, 0.5) is 5.69 Å². The van der Waals surface area contributed by atoms with Crippen LogP contribution < -0.4 is 5.32 Å². The first-order chi connectivity index (χ1) is 9.69. The summed E-state index contributed by atoms with van der Waals surface area (Å²) in [5, 5.41) is 11.7. The number of benzene rings is 1. The number of amides is 1. The number of carbonyl (C=O) groups is 1. The monoisotopic (exact) mass is 271 g/mol. The Morgan fingerprint density at radius 1 is 1.40 bits per heavy atom. The van der Waals surface area contributed by atoms with Crippen molar-refractivity contribution in [3.63, 3.8) is 0 Å². The molecule has 0 radical (unpaired) electrons. The molecule has 2 N–H and O–H groups in total. The molecule has 3 heteroatoms. The van der Waals surface area contributed by atoms with E-state index in [0.717, 1.165) is 16.8 Å². The lowest BCUT2D eigenvalue weighted by Crippen LogP contribution is -2.15. The molecule has 1 aliphatic carbocycles. The number of carbonyl (C=O) groups excluding carboxylic acids is 1. The second-order valence-electron chi connectivity index (χ2n) is 5.39. The fraction of sp³-hybridized carbons (Fsp3) is 0.471. The van der Waals surface area contributed by atoms with Crippen molar-refractivity contribution in [2.45, 2.75) is 39.0 Å². The van der Waals surface area contributed by atoms with Crippen molar-refractivity contribution in [3.05, 3.63) is 29.3 Å². The molecule has 0 aliphatic heterocycles. The third kappa shape index (κ3) is 4.11. The maximum Gasteiger partial charge on any atom is 0.224 e. The molecule has 1 aliphatic rings. The van der Waals surface area contributed by atoms with Gasteiger partial charge in [0.05, 0.1) is 0 Å². The summed E-state index contributed by atoms with van der Waals surface area (Å²) in [6.07, 6.45) is 5.47. The van der Waals surface area contributed by atoms with Gasteiger partial charge in [0.2, 0.25) is 5.91 Å². The fourth-order valence-corrected chi connectivity index (χ4v) is 2.65. The third-order valence-corrected chi connectivity index (χ3v) is 3.77. The first-order valence-electron chi connectivity index (χ1n) is 7.19. The minimum absolute atomic E-state index is 0.0901. The molecule has 0 saturated heterocycles. The van der Waals surface area contributed by atoms with E-state index in [1.54, 1.807) is 0 Å². The van der Waals surface area contributed by atoms with E-state index in [-0.39, 0.29) is 12.5 Å². The molecule has 20 heavy (non-hydrogen) atoms. The molecule has 0 heterocycles.